The summed E-state index contributed by atoms with van der Waals surface area (Å²) in [4.78, 5) is 53.0. The first kappa shape index (κ1) is 25.3. The number of cyclic esters (lactones) is 1. The van der Waals surface area contributed by atoms with Crippen LogP contribution >= 0.6 is 0 Å². The minimum absolute atomic E-state index is 0.00173. The highest BCUT2D eigenvalue weighted by Gasteiger charge is 2.38. The van der Waals surface area contributed by atoms with E-state index in [1.165, 1.54) is 30.1 Å². The summed E-state index contributed by atoms with van der Waals surface area (Å²) < 4.78 is 52.9. The molecule has 2 aliphatic rings. The Kier molecular flexibility index (Phi) is 6.12. The third-order valence-electron chi connectivity index (χ3n) is 6.80. The topological polar surface area (TPSA) is 99.8 Å². The number of carbonyl (C=O) groups excluding carboxylic acids is 2. The van der Waals surface area contributed by atoms with Gasteiger partial charge in [0.2, 0.25) is 0 Å². The average Bonchev–Trinajstić information content (AvgIpc) is 3.29. The molecule has 0 saturated carbocycles. The van der Waals surface area contributed by atoms with Crippen LogP contribution in [0.1, 0.15) is 52.0 Å². The maximum absolute atomic E-state index is 13.7. The predicted octanol–water partition coefficient (Wildman–Crippen LogP) is 3.82. The molecular formula is C26H22F3N3O6. The van der Waals surface area contributed by atoms with E-state index in [-0.39, 0.29) is 42.9 Å². The number of rotatable bonds is 4. The van der Waals surface area contributed by atoms with Crippen LogP contribution in [0.15, 0.2) is 52.2 Å². The molecule has 1 atom stereocenters. The molecule has 9 nitrogen and oxygen atoms in total. The van der Waals surface area contributed by atoms with Gasteiger partial charge in [0.15, 0.2) is 0 Å². The second-order valence-electron chi connectivity index (χ2n) is 8.94. The summed E-state index contributed by atoms with van der Waals surface area (Å²) in [5.74, 6) is -0.964. The zero-order chi connectivity index (χ0) is 27.4. The number of fused-ring (bicyclic) bond motifs is 2. The molecule has 1 unspecified atom stereocenters. The van der Waals surface area contributed by atoms with Crippen LogP contribution < -0.4 is 16.1 Å². The molecule has 0 bridgehead atoms. The average molecular weight is 529 g/mol. The summed E-state index contributed by atoms with van der Waals surface area (Å²) in [6.45, 7) is 1.47. The molecule has 3 aromatic rings. The van der Waals surface area contributed by atoms with Gasteiger partial charge in [0.05, 0.1) is 29.6 Å². The van der Waals surface area contributed by atoms with Gasteiger partial charge in [-0.25, -0.2) is 14.4 Å². The number of carbonyl (C=O) groups is 2. The lowest BCUT2D eigenvalue weighted by Gasteiger charge is -2.26. The minimum atomic E-state index is -4.60. The monoisotopic (exact) mass is 529 g/mol. The number of anilines is 1. The smallest absolute Gasteiger partial charge is 0.416 e. The van der Waals surface area contributed by atoms with Gasteiger partial charge in [-0.2, -0.15) is 13.2 Å². The lowest BCUT2D eigenvalue weighted by Crippen LogP contribution is -2.44. The summed E-state index contributed by atoms with van der Waals surface area (Å²) in [6.07, 6.45) is -4.01. The van der Waals surface area contributed by atoms with Gasteiger partial charge in [-0.3, -0.25) is 18.8 Å². The van der Waals surface area contributed by atoms with E-state index in [0.717, 1.165) is 21.4 Å². The lowest BCUT2D eigenvalue weighted by molar-refractivity contribution is -0.138. The van der Waals surface area contributed by atoms with Gasteiger partial charge in [-0.15, -0.1) is 0 Å². The van der Waals surface area contributed by atoms with Crippen LogP contribution in [-0.4, -0.2) is 34.9 Å². The first-order valence-corrected chi connectivity index (χ1v) is 11.8. The molecule has 198 valence electrons. The van der Waals surface area contributed by atoms with E-state index in [1.807, 2.05) is 0 Å². The van der Waals surface area contributed by atoms with E-state index >= 15 is 0 Å². The van der Waals surface area contributed by atoms with Crippen molar-refractivity contribution in [3.8, 4) is 5.69 Å². The standard InChI is InChI=1S/C26H22F3N3O6/c1-3-37-23(34)18-12-31(15-7-9-20-14(11-15)13-38-25(36)30(20)2)24(35)32(22(18)33)21-10-8-16-17(21)5-4-6-19(16)26(27,28)29/h4-7,9,11-12,21H,3,8,10,13H2,1-2H3. The van der Waals surface area contributed by atoms with Gasteiger partial charge in [-0.1, -0.05) is 12.1 Å². The third-order valence-corrected chi connectivity index (χ3v) is 6.80. The van der Waals surface area contributed by atoms with Crippen molar-refractivity contribution in [2.75, 3.05) is 18.6 Å². The Balaban J connectivity index is 1.72. The fraction of sp³-hybridized carbons (Fsp3) is 0.308. The number of halogens is 3. The summed E-state index contributed by atoms with van der Waals surface area (Å²) in [6, 6.07) is 7.35. The Labute approximate surface area is 213 Å². The number of benzene rings is 2. The second-order valence-corrected chi connectivity index (χ2v) is 8.94. The van der Waals surface area contributed by atoms with Gasteiger partial charge in [0.25, 0.3) is 5.56 Å². The zero-order valence-electron chi connectivity index (χ0n) is 20.4. The number of nitrogens with zero attached hydrogens (tertiary/aromatic N) is 3. The predicted molar refractivity (Wildman–Crippen MR) is 129 cm³/mol. The van der Waals surface area contributed by atoms with Crippen LogP contribution in [0.2, 0.25) is 0 Å². The minimum Gasteiger partial charge on any atom is -0.462 e. The largest absolute Gasteiger partial charge is 0.462 e. The Morgan fingerprint density at radius 2 is 1.92 bits per heavy atom. The highest BCUT2D eigenvalue weighted by atomic mass is 19.4. The highest BCUT2D eigenvalue weighted by Crippen LogP contribution is 2.41. The van der Waals surface area contributed by atoms with E-state index in [1.54, 1.807) is 19.1 Å². The molecule has 1 aliphatic carbocycles. The van der Waals surface area contributed by atoms with Crippen molar-refractivity contribution in [1.82, 2.24) is 9.13 Å². The summed E-state index contributed by atoms with van der Waals surface area (Å²) >= 11 is 0. The van der Waals surface area contributed by atoms with E-state index in [0.29, 0.717) is 11.3 Å². The molecule has 0 N–H and O–H groups in total. The van der Waals surface area contributed by atoms with Crippen LogP contribution in [0.5, 0.6) is 0 Å². The molecule has 0 fully saturated rings. The van der Waals surface area contributed by atoms with Gasteiger partial charge in [0, 0.05) is 18.8 Å². The van der Waals surface area contributed by atoms with Gasteiger partial charge in [-0.05, 0) is 55.2 Å². The van der Waals surface area contributed by atoms with E-state index in [9.17, 15) is 32.3 Å². The molecule has 2 heterocycles. The Hall–Kier alpha value is -4.35. The third kappa shape index (κ3) is 4.05. The zero-order valence-corrected chi connectivity index (χ0v) is 20.4. The molecule has 5 rings (SSSR count). The maximum atomic E-state index is 13.7. The van der Waals surface area contributed by atoms with E-state index in [2.05, 4.69) is 0 Å². The first-order valence-electron chi connectivity index (χ1n) is 11.8. The molecule has 38 heavy (non-hydrogen) atoms. The SMILES string of the molecule is CCOC(=O)c1cn(-c2ccc3c(c2)COC(=O)N3C)c(=O)n(C2CCc3c2cccc3C(F)(F)F)c1=O. The Morgan fingerprint density at radius 1 is 1.16 bits per heavy atom. The van der Waals surface area contributed by atoms with Crippen molar-refractivity contribution >= 4 is 17.7 Å². The molecule has 0 saturated heterocycles. The number of alkyl halides is 3. The number of ether oxygens (including phenoxy) is 2. The van der Waals surface area contributed by atoms with Crippen molar-refractivity contribution in [3.63, 3.8) is 0 Å². The van der Waals surface area contributed by atoms with Crippen molar-refractivity contribution < 1.29 is 32.2 Å². The molecule has 0 radical (unpaired) electrons. The fourth-order valence-electron chi connectivity index (χ4n) is 5.05. The highest BCUT2D eigenvalue weighted by molar-refractivity contribution is 5.90. The summed E-state index contributed by atoms with van der Waals surface area (Å²) in [7, 11) is 1.53. The number of hydrogen-bond donors (Lipinski definition) is 0. The van der Waals surface area contributed by atoms with E-state index < -0.39 is 46.7 Å². The van der Waals surface area contributed by atoms with Crippen LogP contribution in [0, 0.1) is 0 Å². The number of hydrogen-bond acceptors (Lipinski definition) is 6. The van der Waals surface area contributed by atoms with Gasteiger partial charge in [0.1, 0.15) is 12.2 Å². The van der Waals surface area contributed by atoms with Crippen molar-refractivity contribution in [2.45, 2.75) is 38.6 Å². The number of aromatic nitrogens is 2. The van der Waals surface area contributed by atoms with Crippen molar-refractivity contribution in [1.29, 1.82) is 0 Å². The van der Waals surface area contributed by atoms with Crippen molar-refractivity contribution in [3.05, 3.63) is 91.3 Å². The first-order chi connectivity index (χ1) is 18.0. The van der Waals surface area contributed by atoms with E-state index in [4.69, 9.17) is 9.47 Å². The second kappa shape index (κ2) is 9.19. The number of amides is 1. The molecule has 12 heteroatoms. The quantitative estimate of drug-likeness (QED) is 0.477. The van der Waals surface area contributed by atoms with Crippen molar-refractivity contribution in [2.24, 2.45) is 0 Å². The summed E-state index contributed by atoms with van der Waals surface area (Å²) in [5.41, 5.74) is -1.43. The molecule has 2 aromatic carbocycles. The molecule has 1 amide bonds. The van der Waals surface area contributed by atoms with Gasteiger partial charge >= 0.3 is 23.9 Å². The van der Waals surface area contributed by atoms with Gasteiger partial charge < -0.3 is 9.47 Å². The normalized spacial score (nSPS) is 16.6. The Morgan fingerprint density at radius 3 is 2.63 bits per heavy atom. The summed E-state index contributed by atoms with van der Waals surface area (Å²) in [5, 5.41) is 0. The van der Waals surface area contributed by atoms with Crippen LogP contribution in [0.25, 0.3) is 5.69 Å². The van der Waals surface area contributed by atoms with Crippen LogP contribution in [0.3, 0.4) is 0 Å². The maximum Gasteiger partial charge on any atom is 0.416 e. The molecule has 1 aliphatic heterocycles. The fourth-order valence-corrected chi connectivity index (χ4v) is 5.05. The molecular weight excluding hydrogens is 507 g/mol. The lowest BCUT2D eigenvalue weighted by atomic mass is 10.0. The Bertz CT molecular complexity index is 1590. The number of esters is 1. The van der Waals surface area contributed by atoms with Crippen LogP contribution in [0.4, 0.5) is 23.7 Å². The molecule has 1 aromatic heterocycles. The van der Waals surface area contributed by atoms with Crippen LogP contribution in [-0.2, 0) is 28.7 Å². The molecule has 0 spiro atoms.